The number of rotatable bonds is 6. The molecule has 21 heavy (non-hydrogen) atoms. The Kier molecular flexibility index (Phi) is 5.90. The minimum absolute atomic E-state index is 0.0242. The van der Waals surface area contributed by atoms with Crippen LogP contribution < -0.4 is 5.32 Å². The number of hydrogen-bond acceptors (Lipinski definition) is 4. The molecule has 2 rings (SSSR count). The Labute approximate surface area is 125 Å². The van der Waals surface area contributed by atoms with Crippen molar-refractivity contribution in [3.8, 4) is 0 Å². The summed E-state index contributed by atoms with van der Waals surface area (Å²) in [6, 6.07) is 9.03. The van der Waals surface area contributed by atoms with Gasteiger partial charge in [0.25, 0.3) is 5.91 Å². The number of carbonyl (C=O) groups excluding carboxylic acids is 2. The molecule has 0 spiro atoms. The lowest BCUT2D eigenvalue weighted by Gasteiger charge is -2.27. The maximum atomic E-state index is 12.0. The van der Waals surface area contributed by atoms with Gasteiger partial charge in [0.2, 0.25) is 5.91 Å². The molecule has 1 saturated carbocycles. The predicted molar refractivity (Wildman–Crippen MR) is 79.8 cm³/mol. The number of carbonyl (C=O) groups is 2. The van der Waals surface area contributed by atoms with Crippen molar-refractivity contribution in [1.82, 2.24) is 10.2 Å². The minimum atomic E-state index is -0.379. The summed E-state index contributed by atoms with van der Waals surface area (Å²) in [5.41, 5.74) is 0.473. The highest BCUT2D eigenvalue weighted by Gasteiger charge is 2.24. The fraction of sp³-hybridized carbons (Fsp3) is 0.500. The number of nitrogens with zero attached hydrogens (tertiary/aromatic N) is 1. The summed E-state index contributed by atoms with van der Waals surface area (Å²) in [4.78, 5) is 25.9. The van der Waals surface area contributed by atoms with Gasteiger partial charge in [-0.3, -0.25) is 19.8 Å². The topological polar surface area (TPSA) is 69.6 Å². The number of amides is 2. The Morgan fingerprint density at radius 3 is 2.48 bits per heavy atom. The predicted octanol–water partition coefficient (Wildman–Crippen LogP) is 1.18. The van der Waals surface area contributed by atoms with Gasteiger partial charge in [0.05, 0.1) is 13.2 Å². The molecule has 0 aliphatic heterocycles. The molecule has 2 N–H and O–H groups in total. The zero-order valence-corrected chi connectivity index (χ0v) is 12.1. The highest BCUT2D eigenvalue weighted by Crippen LogP contribution is 2.22. The summed E-state index contributed by atoms with van der Waals surface area (Å²) in [6.45, 7) is 0.651. The van der Waals surface area contributed by atoms with Crippen molar-refractivity contribution in [2.45, 2.75) is 31.7 Å². The van der Waals surface area contributed by atoms with E-state index < -0.39 is 0 Å². The average Bonchev–Trinajstić information content (AvgIpc) is 3.02. The van der Waals surface area contributed by atoms with Gasteiger partial charge in [-0.2, -0.15) is 0 Å². The van der Waals surface area contributed by atoms with Gasteiger partial charge < -0.3 is 5.11 Å². The van der Waals surface area contributed by atoms with E-state index in [4.69, 9.17) is 5.11 Å². The summed E-state index contributed by atoms with van der Waals surface area (Å²) in [6.07, 6.45) is 4.44. The van der Waals surface area contributed by atoms with Gasteiger partial charge in [-0.25, -0.2) is 0 Å². The smallest absolute Gasteiger partial charge is 0.257 e. The minimum Gasteiger partial charge on any atom is -0.395 e. The van der Waals surface area contributed by atoms with Gasteiger partial charge in [0.15, 0.2) is 0 Å². The number of nitrogens with one attached hydrogen (secondary N) is 1. The fourth-order valence-electron chi connectivity index (χ4n) is 2.80. The monoisotopic (exact) mass is 290 g/mol. The number of hydrogen-bond donors (Lipinski definition) is 2. The normalized spacial score (nSPS) is 15.3. The molecular weight excluding hydrogens is 268 g/mol. The second-order valence-corrected chi connectivity index (χ2v) is 5.38. The molecule has 5 nitrogen and oxygen atoms in total. The second kappa shape index (κ2) is 7.90. The van der Waals surface area contributed by atoms with Crippen LogP contribution in [0.1, 0.15) is 36.0 Å². The van der Waals surface area contributed by atoms with Crippen LogP contribution in [0.15, 0.2) is 30.3 Å². The third-order valence-electron chi connectivity index (χ3n) is 3.86. The van der Waals surface area contributed by atoms with E-state index in [9.17, 15) is 9.59 Å². The van der Waals surface area contributed by atoms with Crippen LogP contribution in [0.25, 0.3) is 0 Å². The van der Waals surface area contributed by atoms with Gasteiger partial charge in [0, 0.05) is 18.2 Å². The molecule has 1 aliphatic carbocycles. The van der Waals surface area contributed by atoms with E-state index in [1.165, 1.54) is 0 Å². The molecule has 0 heterocycles. The molecule has 0 unspecified atom stereocenters. The van der Waals surface area contributed by atoms with Crippen LogP contribution in [-0.4, -0.2) is 47.6 Å². The van der Waals surface area contributed by atoms with Crippen LogP contribution in [-0.2, 0) is 4.79 Å². The van der Waals surface area contributed by atoms with Crippen LogP contribution in [0.3, 0.4) is 0 Å². The first-order chi connectivity index (χ1) is 10.2. The zero-order valence-electron chi connectivity index (χ0n) is 12.1. The van der Waals surface area contributed by atoms with E-state index in [1.807, 2.05) is 11.0 Å². The van der Waals surface area contributed by atoms with Gasteiger partial charge in [-0.15, -0.1) is 0 Å². The van der Waals surface area contributed by atoms with E-state index in [1.54, 1.807) is 24.3 Å². The number of aliphatic hydroxyl groups is 1. The first-order valence-corrected chi connectivity index (χ1v) is 7.45. The Morgan fingerprint density at radius 2 is 1.86 bits per heavy atom. The van der Waals surface area contributed by atoms with E-state index in [2.05, 4.69) is 5.32 Å². The molecule has 0 radical (unpaired) electrons. The highest BCUT2D eigenvalue weighted by atomic mass is 16.3. The molecule has 1 fully saturated rings. The number of benzene rings is 1. The van der Waals surface area contributed by atoms with E-state index in [0.717, 1.165) is 25.7 Å². The highest BCUT2D eigenvalue weighted by molar-refractivity contribution is 6.05. The number of aliphatic hydroxyl groups excluding tert-OH is 1. The molecule has 0 atom stereocenters. The maximum Gasteiger partial charge on any atom is 0.257 e. The lowest BCUT2D eigenvalue weighted by atomic mass is 10.2. The first-order valence-electron chi connectivity index (χ1n) is 7.45. The summed E-state index contributed by atoms with van der Waals surface area (Å²) in [5.74, 6) is -0.694. The van der Waals surface area contributed by atoms with E-state index in [0.29, 0.717) is 18.2 Å². The van der Waals surface area contributed by atoms with Gasteiger partial charge >= 0.3 is 0 Å². The molecule has 5 heteroatoms. The second-order valence-electron chi connectivity index (χ2n) is 5.38. The lowest BCUT2D eigenvalue weighted by molar-refractivity contribution is -0.121. The Bertz CT molecular complexity index is 470. The van der Waals surface area contributed by atoms with Crippen LogP contribution in [0.4, 0.5) is 0 Å². The Balaban J connectivity index is 1.88. The van der Waals surface area contributed by atoms with Crippen molar-refractivity contribution >= 4 is 11.8 Å². The van der Waals surface area contributed by atoms with Crippen LogP contribution in [0.5, 0.6) is 0 Å². The third kappa shape index (κ3) is 4.65. The molecule has 2 amide bonds. The van der Waals surface area contributed by atoms with E-state index in [-0.39, 0.29) is 25.0 Å². The molecule has 1 aliphatic rings. The summed E-state index contributed by atoms with van der Waals surface area (Å²) >= 11 is 0. The van der Waals surface area contributed by atoms with Crippen molar-refractivity contribution in [1.29, 1.82) is 0 Å². The Hall–Kier alpha value is -1.72. The molecule has 0 bridgehead atoms. The molecule has 1 aromatic rings. The van der Waals surface area contributed by atoms with Gasteiger partial charge in [-0.05, 0) is 25.0 Å². The van der Waals surface area contributed by atoms with Crippen molar-refractivity contribution in [2.24, 2.45) is 0 Å². The standard InChI is InChI=1S/C16H22N2O3/c19-11-10-18(14-8-4-5-9-14)12-15(20)17-16(21)13-6-2-1-3-7-13/h1-3,6-7,14,19H,4-5,8-12H2,(H,17,20,21). The summed E-state index contributed by atoms with van der Waals surface area (Å²) in [5, 5.41) is 11.5. The van der Waals surface area contributed by atoms with Crippen LogP contribution in [0.2, 0.25) is 0 Å². The van der Waals surface area contributed by atoms with Crippen LogP contribution >= 0.6 is 0 Å². The summed E-state index contributed by atoms with van der Waals surface area (Å²) in [7, 11) is 0. The fourth-order valence-corrected chi connectivity index (χ4v) is 2.80. The molecular formula is C16H22N2O3. The van der Waals surface area contributed by atoms with Crippen LogP contribution in [0, 0.1) is 0 Å². The molecule has 0 saturated heterocycles. The quantitative estimate of drug-likeness (QED) is 0.825. The lowest BCUT2D eigenvalue weighted by Crippen LogP contribution is -2.44. The number of imide groups is 1. The first kappa shape index (κ1) is 15.7. The molecule has 114 valence electrons. The van der Waals surface area contributed by atoms with Crippen molar-refractivity contribution in [2.75, 3.05) is 19.7 Å². The average molecular weight is 290 g/mol. The Morgan fingerprint density at radius 1 is 1.19 bits per heavy atom. The molecule has 0 aromatic heterocycles. The van der Waals surface area contributed by atoms with Crippen molar-refractivity contribution in [3.05, 3.63) is 35.9 Å². The third-order valence-corrected chi connectivity index (χ3v) is 3.86. The van der Waals surface area contributed by atoms with Crippen molar-refractivity contribution < 1.29 is 14.7 Å². The molecule has 1 aromatic carbocycles. The van der Waals surface area contributed by atoms with E-state index >= 15 is 0 Å². The van der Waals surface area contributed by atoms with Gasteiger partial charge in [0.1, 0.15) is 0 Å². The zero-order chi connectivity index (χ0) is 15.1. The van der Waals surface area contributed by atoms with Gasteiger partial charge in [-0.1, -0.05) is 31.0 Å². The summed E-state index contributed by atoms with van der Waals surface area (Å²) < 4.78 is 0. The maximum absolute atomic E-state index is 12.0. The SMILES string of the molecule is O=C(CN(CCO)C1CCCC1)NC(=O)c1ccccc1. The largest absolute Gasteiger partial charge is 0.395 e. The van der Waals surface area contributed by atoms with Crippen molar-refractivity contribution in [3.63, 3.8) is 0 Å².